The van der Waals surface area contributed by atoms with Crippen LogP contribution in [0, 0.1) is 0 Å². The smallest absolute Gasteiger partial charge is 0.161 e. The summed E-state index contributed by atoms with van der Waals surface area (Å²) in [6.07, 6.45) is 2.54. The Hall–Kier alpha value is -1.16. The van der Waals surface area contributed by atoms with Crippen LogP contribution >= 0.6 is 11.8 Å². The molecule has 0 N–H and O–H groups in total. The summed E-state index contributed by atoms with van der Waals surface area (Å²) in [5.74, 6) is 3.65. The first-order chi connectivity index (χ1) is 8.70. The summed E-state index contributed by atoms with van der Waals surface area (Å²) in [4.78, 5) is 11.3. The minimum atomic E-state index is 0.0353. The lowest BCUT2D eigenvalue weighted by Gasteiger charge is -2.23. The normalized spacial score (nSPS) is 19.3. The van der Waals surface area contributed by atoms with Crippen LogP contribution in [0.2, 0.25) is 0 Å². The third-order valence-electron chi connectivity index (χ3n) is 2.98. The number of ether oxygens (including phenoxy) is 2. The van der Waals surface area contributed by atoms with Gasteiger partial charge in [-0.25, -0.2) is 0 Å². The second kappa shape index (κ2) is 6.14. The molecule has 0 aliphatic carbocycles. The van der Waals surface area contributed by atoms with Crippen molar-refractivity contribution in [3.8, 4) is 11.5 Å². The summed E-state index contributed by atoms with van der Waals surface area (Å²) in [5.41, 5.74) is 0.650. The van der Waals surface area contributed by atoms with Crippen LogP contribution < -0.4 is 9.47 Å². The molecule has 4 heteroatoms. The molecular weight excluding hydrogens is 248 g/mol. The standard InChI is InChI=1S/C14H18O3S/c1-10(15)11-5-6-13(14(8-11)16-2)17-12-4-3-7-18-9-12/h5-6,8,12H,3-4,7,9H2,1-2H3. The van der Waals surface area contributed by atoms with Crippen LogP contribution in [0.5, 0.6) is 11.5 Å². The van der Waals surface area contributed by atoms with E-state index in [1.165, 1.54) is 12.2 Å². The van der Waals surface area contributed by atoms with Gasteiger partial charge in [0, 0.05) is 11.3 Å². The highest BCUT2D eigenvalue weighted by Gasteiger charge is 2.17. The zero-order valence-corrected chi connectivity index (χ0v) is 11.6. The number of Topliss-reactive ketones (excluding diaryl/α,β-unsaturated/α-hetero) is 1. The molecule has 1 fully saturated rings. The molecule has 1 atom stereocenters. The molecule has 0 aromatic heterocycles. The Labute approximate surface area is 112 Å². The van der Waals surface area contributed by atoms with Gasteiger partial charge in [-0.3, -0.25) is 4.79 Å². The summed E-state index contributed by atoms with van der Waals surface area (Å²) in [6, 6.07) is 5.36. The average Bonchev–Trinajstić information content (AvgIpc) is 2.40. The van der Waals surface area contributed by atoms with E-state index < -0.39 is 0 Å². The Bertz CT molecular complexity index is 425. The lowest BCUT2D eigenvalue weighted by atomic mass is 10.1. The highest BCUT2D eigenvalue weighted by Crippen LogP contribution is 2.31. The number of carbonyl (C=O) groups is 1. The number of thioether (sulfide) groups is 1. The molecule has 1 aliphatic heterocycles. The number of benzene rings is 1. The van der Waals surface area contributed by atoms with Gasteiger partial charge in [0.2, 0.25) is 0 Å². The second-order valence-electron chi connectivity index (χ2n) is 4.38. The van der Waals surface area contributed by atoms with Crippen molar-refractivity contribution in [3.05, 3.63) is 23.8 Å². The van der Waals surface area contributed by atoms with Crippen LogP contribution in [-0.2, 0) is 0 Å². The van der Waals surface area contributed by atoms with Crippen molar-refractivity contribution in [3.63, 3.8) is 0 Å². The largest absolute Gasteiger partial charge is 0.493 e. The predicted molar refractivity (Wildman–Crippen MR) is 74.0 cm³/mol. The van der Waals surface area contributed by atoms with Gasteiger partial charge in [0.25, 0.3) is 0 Å². The SMILES string of the molecule is COc1cc(C(C)=O)ccc1OC1CCCSC1. The molecule has 0 radical (unpaired) electrons. The van der Waals surface area contributed by atoms with Gasteiger partial charge in [-0.15, -0.1) is 0 Å². The molecule has 98 valence electrons. The van der Waals surface area contributed by atoms with E-state index >= 15 is 0 Å². The van der Waals surface area contributed by atoms with Crippen LogP contribution in [0.15, 0.2) is 18.2 Å². The molecule has 1 aromatic rings. The third-order valence-corrected chi connectivity index (χ3v) is 4.17. The molecule has 0 amide bonds. The lowest BCUT2D eigenvalue weighted by molar-refractivity contribution is 0.101. The summed E-state index contributed by atoms with van der Waals surface area (Å²) < 4.78 is 11.2. The average molecular weight is 266 g/mol. The fraction of sp³-hybridized carbons (Fsp3) is 0.500. The number of carbonyl (C=O) groups excluding carboxylic acids is 1. The van der Waals surface area contributed by atoms with E-state index in [0.717, 1.165) is 17.9 Å². The van der Waals surface area contributed by atoms with E-state index in [1.807, 2.05) is 17.8 Å². The van der Waals surface area contributed by atoms with E-state index in [9.17, 15) is 4.79 Å². The van der Waals surface area contributed by atoms with Crippen LogP contribution in [-0.4, -0.2) is 30.5 Å². The zero-order chi connectivity index (χ0) is 13.0. The molecule has 1 aliphatic rings. The first-order valence-corrected chi connectivity index (χ1v) is 7.29. The lowest BCUT2D eigenvalue weighted by Crippen LogP contribution is -2.23. The minimum Gasteiger partial charge on any atom is -0.493 e. The first kappa shape index (κ1) is 13.3. The van der Waals surface area contributed by atoms with Crippen LogP contribution in [0.25, 0.3) is 0 Å². The number of hydrogen-bond donors (Lipinski definition) is 0. The quantitative estimate of drug-likeness (QED) is 0.784. The molecule has 1 unspecified atom stereocenters. The van der Waals surface area contributed by atoms with Crippen LogP contribution in [0.3, 0.4) is 0 Å². The van der Waals surface area contributed by atoms with Gasteiger partial charge >= 0.3 is 0 Å². The van der Waals surface area contributed by atoms with Gasteiger partial charge in [-0.2, -0.15) is 11.8 Å². The van der Waals surface area contributed by atoms with Crippen molar-refractivity contribution >= 4 is 17.5 Å². The molecule has 1 aromatic carbocycles. The maximum Gasteiger partial charge on any atom is 0.161 e. The third kappa shape index (κ3) is 3.19. The van der Waals surface area contributed by atoms with E-state index in [4.69, 9.17) is 9.47 Å². The maximum atomic E-state index is 11.3. The monoisotopic (exact) mass is 266 g/mol. The molecule has 3 nitrogen and oxygen atoms in total. The van der Waals surface area contributed by atoms with Gasteiger partial charge in [-0.1, -0.05) is 0 Å². The van der Waals surface area contributed by atoms with Crippen molar-refractivity contribution in [1.29, 1.82) is 0 Å². The molecule has 0 bridgehead atoms. The Morgan fingerprint density at radius 1 is 1.39 bits per heavy atom. The van der Waals surface area contributed by atoms with E-state index in [0.29, 0.717) is 11.3 Å². The van der Waals surface area contributed by atoms with Crippen molar-refractivity contribution in [2.75, 3.05) is 18.6 Å². The Kier molecular flexibility index (Phi) is 4.53. The van der Waals surface area contributed by atoms with Gasteiger partial charge in [0.1, 0.15) is 6.10 Å². The molecule has 0 saturated carbocycles. The van der Waals surface area contributed by atoms with Gasteiger partial charge in [0.15, 0.2) is 17.3 Å². The number of rotatable bonds is 4. The van der Waals surface area contributed by atoms with Gasteiger partial charge < -0.3 is 9.47 Å². The van der Waals surface area contributed by atoms with Crippen molar-refractivity contribution in [1.82, 2.24) is 0 Å². The van der Waals surface area contributed by atoms with Crippen molar-refractivity contribution in [2.45, 2.75) is 25.9 Å². The molecule has 1 saturated heterocycles. The summed E-state index contributed by atoms with van der Waals surface area (Å²) >= 11 is 1.92. The van der Waals surface area contributed by atoms with Crippen LogP contribution in [0.1, 0.15) is 30.1 Å². The highest BCUT2D eigenvalue weighted by molar-refractivity contribution is 7.99. The summed E-state index contributed by atoms with van der Waals surface area (Å²) in [6.45, 7) is 1.55. The maximum absolute atomic E-state index is 11.3. The van der Waals surface area contributed by atoms with Gasteiger partial charge in [0.05, 0.1) is 7.11 Å². The number of methoxy groups -OCH3 is 1. The molecular formula is C14H18O3S. The predicted octanol–water partition coefficient (Wildman–Crippen LogP) is 3.17. The van der Waals surface area contributed by atoms with Gasteiger partial charge in [-0.05, 0) is 43.7 Å². The van der Waals surface area contributed by atoms with E-state index in [-0.39, 0.29) is 11.9 Å². The molecule has 18 heavy (non-hydrogen) atoms. The Morgan fingerprint density at radius 2 is 2.22 bits per heavy atom. The number of hydrogen-bond acceptors (Lipinski definition) is 4. The molecule has 2 rings (SSSR count). The zero-order valence-electron chi connectivity index (χ0n) is 10.8. The summed E-state index contributed by atoms with van der Waals surface area (Å²) in [5, 5.41) is 0. The van der Waals surface area contributed by atoms with Crippen LogP contribution in [0.4, 0.5) is 0 Å². The van der Waals surface area contributed by atoms with Crippen molar-refractivity contribution < 1.29 is 14.3 Å². The fourth-order valence-electron chi connectivity index (χ4n) is 1.97. The number of ketones is 1. The topological polar surface area (TPSA) is 35.5 Å². The summed E-state index contributed by atoms with van der Waals surface area (Å²) in [7, 11) is 1.60. The fourth-order valence-corrected chi connectivity index (χ4v) is 3.00. The first-order valence-electron chi connectivity index (χ1n) is 6.14. The molecule has 1 heterocycles. The minimum absolute atomic E-state index is 0.0353. The van der Waals surface area contributed by atoms with Crippen molar-refractivity contribution in [2.24, 2.45) is 0 Å². The Balaban J connectivity index is 2.13. The molecule has 0 spiro atoms. The Morgan fingerprint density at radius 3 is 2.83 bits per heavy atom. The van der Waals surface area contributed by atoms with E-state index in [1.54, 1.807) is 26.2 Å². The highest BCUT2D eigenvalue weighted by atomic mass is 32.2. The van der Waals surface area contributed by atoms with E-state index in [2.05, 4.69) is 0 Å². The second-order valence-corrected chi connectivity index (χ2v) is 5.53.